The Labute approximate surface area is 266 Å². The number of imide groups is 1. The first-order chi connectivity index (χ1) is 21.9. The lowest BCUT2D eigenvalue weighted by Crippen LogP contribution is -2.55. The van der Waals surface area contributed by atoms with Crippen LogP contribution in [-0.4, -0.2) is 98.0 Å². The summed E-state index contributed by atoms with van der Waals surface area (Å²) in [4.78, 5) is 85.1. The summed E-state index contributed by atoms with van der Waals surface area (Å²) in [6.07, 6.45) is 2.84. The van der Waals surface area contributed by atoms with E-state index in [0.717, 1.165) is 4.90 Å². The van der Waals surface area contributed by atoms with Crippen LogP contribution in [0, 0.1) is 5.92 Å². The van der Waals surface area contributed by atoms with Crippen LogP contribution >= 0.6 is 0 Å². The average molecular weight is 647 g/mol. The summed E-state index contributed by atoms with van der Waals surface area (Å²) < 4.78 is 15.6. The number of primary amides is 1. The maximum atomic E-state index is 13.2. The molecule has 0 aromatic heterocycles. The molecule has 7 amide bonds. The van der Waals surface area contributed by atoms with E-state index in [9.17, 15) is 33.6 Å². The fourth-order valence-electron chi connectivity index (χ4n) is 4.09. The minimum absolute atomic E-state index is 0.0540. The number of nitrogens with two attached hydrogens (primary N) is 1. The normalized spacial score (nSPS) is 13.7. The van der Waals surface area contributed by atoms with Crippen LogP contribution in [0.5, 0.6) is 0 Å². The number of hydrogen-bond donors (Lipinski definition) is 5. The smallest absolute Gasteiger partial charge is 0.312 e. The highest BCUT2D eigenvalue weighted by molar-refractivity contribution is 6.12. The number of carbonyl (C=O) groups excluding carboxylic acids is 7. The van der Waals surface area contributed by atoms with Crippen molar-refractivity contribution in [2.75, 3.05) is 44.8 Å². The van der Waals surface area contributed by atoms with Gasteiger partial charge in [-0.3, -0.25) is 33.7 Å². The topological polar surface area (TPSA) is 225 Å². The highest BCUT2D eigenvalue weighted by Gasteiger charge is 2.29. The second kappa shape index (κ2) is 19.5. The molecule has 1 heterocycles. The molecule has 46 heavy (non-hydrogen) atoms. The van der Waals surface area contributed by atoms with Crippen LogP contribution in [0.25, 0.3) is 0 Å². The van der Waals surface area contributed by atoms with Crippen molar-refractivity contribution in [2.24, 2.45) is 11.7 Å². The first kappa shape index (κ1) is 37.4. The number of hydrogen-bond acceptors (Lipinski definition) is 10. The number of urea groups is 1. The third-order valence-electron chi connectivity index (χ3n) is 6.50. The first-order valence-corrected chi connectivity index (χ1v) is 14.7. The van der Waals surface area contributed by atoms with E-state index in [0.29, 0.717) is 17.7 Å². The van der Waals surface area contributed by atoms with Gasteiger partial charge in [0.2, 0.25) is 17.7 Å². The van der Waals surface area contributed by atoms with E-state index >= 15 is 0 Å². The Balaban J connectivity index is 1.87. The van der Waals surface area contributed by atoms with E-state index in [1.165, 1.54) is 19.1 Å². The lowest BCUT2D eigenvalue weighted by Gasteiger charge is -2.25. The predicted octanol–water partition coefficient (Wildman–Crippen LogP) is -0.279. The van der Waals surface area contributed by atoms with Gasteiger partial charge in [0.1, 0.15) is 25.3 Å². The number of nitrogens with zero attached hydrogens (tertiary/aromatic N) is 1. The summed E-state index contributed by atoms with van der Waals surface area (Å²) in [6, 6.07) is 3.88. The summed E-state index contributed by atoms with van der Waals surface area (Å²) in [5.41, 5.74) is 6.27. The van der Waals surface area contributed by atoms with Gasteiger partial charge >= 0.3 is 12.0 Å². The van der Waals surface area contributed by atoms with Crippen LogP contribution < -0.4 is 27.0 Å². The molecule has 16 nitrogen and oxygen atoms in total. The number of anilines is 1. The molecule has 0 saturated heterocycles. The maximum absolute atomic E-state index is 13.2. The van der Waals surface area contributed by atoms with Gasteiger partial charge in [-0.25, -0.2) is 4.79 Å². The van der Waals surface area contributed by atoms with E-state index in [1.807, 2.05) is 0 Å². The minimum Gasteiger partial charge on any atom is -0.461 e. The van der Waals surface area contributed by atoms with Gasteiger partial charge in [-0.05, 0) is 36.5 Å². The zero-order chi connectivity index (χ0) is 34.1. The van der Waals surface area contributed by atoms with Gasteiger partial charge < -0.3 is 41.2 Å². The van der Waals surface area contributed by atoms with Gasteiger partial charge in [0.15, 0.2) is 0 Å². The van der Waals surface area contributed by atoms with E-state index in [-0.39, 0.29) is 58.5 Å². The van der Waals surface area contributed by atoms with E-state index in [2.05, 4.69) is 21.3 Å². The van der Waals surface area contributed by atoms with Crippen molar-refractivity contribution in [2.45, 2.75) is 52.3 Å². The zero-order valence-electron chi connectivity index (χ0n) is 26.2. The Bertz CT molecular complexity index is 1250. The quantitative estimate of drug-likeness (QED) is 0.0708. The van der Waals surface area contributed by atoms with E-state index in [1.54, 1.807) is 38.1 Å². The summed E-state index contributed by atoms with van der Waals surface area (Å²) in [5, 5.41) is 10.5. The van der Waals surface area contributed by atoms with E-state index in [4.69, 9.17) is 19.9 Å². The Kier molecular flexibility index (Phi) is 15.9. The molecule has 2 rings (SSSR count). The summed E-state index contributed by atoms with van der Waals surface area (Å²) in [7, 11) is 0. The van der Waals surface area contributed by atoms with Crippen LogP contribution in [0.3, 0.4) is 0 Å². The lowest BCUT2D eigenvalue weighted by atomic mass is 10.0. The maximum Gasteiger partial charge on any atom is 0.312 e. The van der Waals surface area contributed by atoms with Gasteiger partial charge in [-0.15, -0.1) is 0 Å². The van der Waals surface area contributed by atoms with Crippen molar-refractivity contribution >= 4 is 47.2 Å². The number of ether oxygens (including phenoxy) is 3. The second-order valence-corrected chi connectivity index (χ2v) is 10.6. The Morgan fingerprint density at radius 2 is 1.54 bits per heavy atom. The van der Waals surface area contributed by atoms with Gasteiger partial charge in [0.05, 0.1) is 26.4 Å². The monoisotopic (exact) mass is 646 g/mol. The van der Waals surface area contributed by atoms with Gasteiger partial charge in [0.25, 0.3) is 11.8 Å². The molecular formula is C30H42N6O10. The molecular weight excluding hydrogens is 604 g/mol. The SMILES string of the molecule is CC(=O)OCc1ccc(NC(=O)[C@H](CCCNC(N)=O)NC(=O)[C@@H](NC(=O)COCCOCCN2C(=O)C=CC2=O)C(C)C)cc1. The van der Waals surface area contributed by atoms with Crippen molar-refractivity contribution in [3.63, 3.8) is 0 Å². The highest BCUT2D eigenvalue weighted by Crippen LogP contribution is 2.13. The first-order valence-electron chi connectivity index (χ1n) is 14.7. The van der Waals surface area contributed by atoms with Crippen LogP contribution in [0.1, 0.15) is 39.2 Å². The molecule has 1 aliphatic rings. The van der Waals surface area contributed by atoms with Gasteiger partial charge in [-0.1, -0.05) is 26.0 Å². The Morgan fingerprint density at radius 3 is 2.15 bits per heavy atom. The third-order valence-corrected chi connectivity index (χ3v) is 6.50. The number of nitrogens with one attached hydrogen (secondary N) is 4. The van der Waals surface area contributed by atoms with Crippen molar-refractivity contribution in [1.29, 1.82) is 0 Å². The van der Waals surface area contributed by atoms with Crippen LogP contribution in [0.15, 0.2) is 36.4 Å². The fourth-order valence-corrected chi connectivity index (χ4v) is 4.09. The molecule has 0 aliphatic carbocycles. The minimum atomic E-state index is -1.02. The standard InChI is InChI=1S/C30H42N6O10/c1-19(2)27(35-24(38)18-45-16-15-44-14-13-36-25(39)10-11-26(36)40)29(42)34-23(5-4-12-32-30(31)43)28(41)33-22-8-6-21(7-9-22)17-46-20(3)37/h6-11,19,23,27H,4-5,12-18H2,1-3H3,(H,33,41)(H,34,42)(H,35,38)(H3,31,32,43)/t23-,27-/m0/s1. The molecule has 0 bridgehead atoms. The van der Waals surface area contributed by atoms with Crippen molar-refractivity contribution in [3.8, 4) is 0 Å². The molecule has 0 saturated carbocycles. The van der Waals surface area contributed by atoms with Crippen molar-refractivity contribution in [1.82, 2.24) is 20.9 Å². The van der Waals surface area contributed by atoms with Crippen molar-refractivity contribution in [3.05, 3.63) is 42.0 Å². The molecule has 1 aliphatic heterocycles. The molecule has 16 heteroatoms. The molecule has 1 aromatic carbocycles. The second-order valence-electron chi connectivity index (χ2n) is 10.6. The van der Waals surface area contributed by atoms with Crippen LogP contribution in [-0.2, 0) is 49.6 Å². The van der Waals surface area contributed by atoms with Crippen molar-refractivity contribution < 1.29 is 47.8 Å². The summed E-state index contributed by atoms with van der Waals surface area (Å²) in [6.45, 7) is 5.04. The van der Waals surface area contributed by atoms with Gasteiger partial charge in [-0.2, -0.15) is 0 Å². The predicted molar refractivity (Wildman–Crippen MR) is 164 cm³/mol. The van der Waals surface area contributed by atoms with E-state index < -0.39 is 53.6 Å². The molecule has 0 fully saturated rings. The molecule has 0 spiro atoms. The number of carbonyl (C=O) groups is 7. The number of amides is 7. The number of esters is 1. The number of benzene rings is 1. The van der Waals surface area contributed by atoms with Crippen LogP contribution in [0.4, 0.5) is 10.5 Å². The molecule has 0 radical (unpaired) electrons. The number of rotatable bonds is 20. The Morgan fingerprint density at radius 1 is 0.891 bits per heavy atom. The Hall–Kier alpha value is -4.83. The average Bonchev–Trinajstić information content (AvgIpc) is 3.32. The largest absolute Gasteiger partial charge is 0.461 e. The highest BCUT2D eigenvalue weighted by atomic mass is 16.5. The lowest BCUT2D eigenvalue weighted by molar-refractivity contribution is -0.142. The molecule has 0 unspecified atom stereocenters. The summed E-state index contributed by atoms with van der Waals surface area (Å²) >= 11 is 0. The summed E-state index contributed by atoms with van der Waals surface area (Å²) in [5.74, 6) is -3.24. The molecule has 2 atom stereocenters. The van der Waals surface area contributed by atoms with Crippen LogP contribution in [0.2, 0.25) is 0 Å². The molecule has 1 aromatic rings. The third kappa shape index (κ3) is 13.9. The molecule has 6 N–H and O–H groups in total. The zero-order valence-corrected chi connectivity index (χ0v) is 26.2. The fraction of sp³-hybridized carbons (Fsp3) is 0.500. The molecule has 252 valence electrons. The van der Waals surface area contributed by atoms with Gasteiger partial charge in [0, 0.05) is 31.3 Å².